The zero-order valence-corrected chi connectivity index (χ0v) is 26.9. The van der Waals surface area contributed by atoms with Crippen molar-refractivity contribution in [2.24, 2.45) is 0 Å². The van der Waals surface area contributed by atoms with Gasteiger partial charge in [-0.2, -0.15) is 0 Å². The first-order valence-electron chi connectivity index (χ1n) is 13.4. The number of halogens is 2. The Balaban J connectivity index is 0.00000512. The predicted molar refractivity (Wildman–Crippen MR) is 136 cm³/mol. The third kappa shape index (κ3) is 7.70. The van der Waals surface area contributed by atoms with Gasteiger partial charge in [0.1, 0.15) is 0 Å². The van der Waals surface area contributed by atoms with Crippen LogP contribution in [0.4, 0.5) is 0 Å². The molecule has 0 saturated heterocycles. The molecule has 0 bridgehead atoms. The summed E-state index contributed by atoms with van der Waals surface area (Å²) in [5.74, 6) is 0. The van der Waals surface area contributed by atoms with Gasteiger partial charge in [0.2, 0.25) is 0 Å². The van der Waals surface area contributed by atoms with Crippen molar-refractivity contribution in [2.45, 2.75) is 139 Å². The number of allylic oxidation sites excluding steroid dienone is 8. The molecule has 0 aliphatic heterocycles. The Morgan fingerprint density at radius 3 is 1.18 bits per heavy atom. The Morgan fingerprint density at radius 1 is 0.576 bits per heavy atom. The standard InChI is InChI=1S/2C15H25.2ClH.Zr/c2*1-5-7-9-14-11-15(10-8-6-2)13(4)12(14)3;;;/h2*11H,5-10H2,1-4H3;2*1H;/q;;;;+2/p-2. The molecular weight excluding hydrogens is 522 g/mol. The minimum atomic E-state index is -0.817. The van der Waals surface area contributed by atoms with E-state index in [-0.39, 0.29) is 24.8 Å². The van der Waals surface area contributed by atoms with Crippen LogP contribution in [-0.4, -0.2) is 0 Å². The summed E-state index contributed by atoms with van der Waals surface area (Å²) < 4.78 is 0.784. The number of rotatable bonds is 14. The van der Waals surface area contributed by atoms with E-state index in [1.54, 1.807) is 33.4 Å². The van der Waals surface area contributed by atoms with Crippen molar-refractivity contribution >= 4 is 0 Å². The average molecular weight is 573 g/mol. The SMILES string of the molecule is CCCCC1=CC(CCCC)=C(C)[C]1(C)[Zr+2][C]1(C)C(CCCC)=CC(CCCC)=C1C.[Cl-].[Cl-]. The molecule has 0 spiro atoms. The Morgan fingerprint density at radius 2 is 0.879 bits per heavy atom. The van der Waals surface area contributed by atoms with Gasteiger partial charge in [-0.05, 0) is 0 Å². The maximum atomic E-state index is 2.67. The summed E-state index contributed by atoms with van der Waals surface area (Å²) >= 11 is -0.817. The first-order valence-corrected chi connectivity index (χ1v) is 15.9. The molecular formula is C30H50Cl2Zr. The van der Waals surface area contributed by atoms with Crippen LogP contribution in [0.3, 0.4) is 0 Å². The molecule has 2 unspecified atom stereocenters. The van der Waals surface area contributed by atoms with Crippen LogP contribution in [0.25, 0.3) is 0 Å². The van der Waals surface area contributed by atoms with Gasteiger partial charge in [-0.1, -0.05) is 0 Å². The van der Waals surface area contributed by atoms with Gasteiger partial charge in [-0.3, -0.25) is 0 Å². The minimum absolute atomic E-state index is 0. The van der Waals surface area contributed by atoms with Crippen LogP contribution >= 0.6 is 0 Å². The van der Waals surface area contributed by atoms with Crippen LogP contribution < -0.4 is 24.8 Å². The molecule has 0 fully saturated rings. The number of unbranched alkanes of at least 4 members (excludes halogenated alkanes) is 4. The van der Waals surface area contributed by atoms with Gasteiger partial charge in [0, 0.05) is 0 Å². The van der Waals surface area contributed by atoms with E-state index in [1.165, 1.54) is 77.0 Å². The Kier molecular flexibility index (Phi) is 15.7. The topological polar surface area (TPSA) is 0 Å². The van der Waals surface area contributed by atoms with Gasteiger partial charge in [-0.25, -0.2) is 0 Å². The van der Waals surface area contributed by atoms with E-state index in [1.807, 2.05) is 0 Å². The van der Waals surface area contributed by atoms with E-state index in [0.717, 1.165) is 0 Å². The monoisotopic (exact) mass is 570 g/mol. The molecule has 0 heterocycles. The zero-order chi connectivity index (χ0) is 23.1. The van der Waals surface area contributed by atoms with E-state index in [4.69, 9.17) is 0 Å². The van der Waals surface area contributed by atoms with Crippen LogP contribution in [0.15, 0.2) is 45.6 Å². The van der Waals surface area contributed by atoms with E-state index in [9.17, 15) is 0 Å². The number of hydrogen-bond acceptors (Lipinski definition) is 0. The van der Waals surface area contributed by atoms with E-state index in [0.29, 0.717) is 6.25 Å². The first kappa shape index (κ1) is 33.4. The minimum Gasteiger partial charge on any atom is -1.00 e. The van der Waals surface area contributed by atoms with Crippen molar-refractivity contribution in [1.82, 2.24) is 0 Å². The van der Waals surface area contributed by atoms with Gasteiger partial charge in [0.15, 0.2) is 0 Å². The van der Waals surface area contributed by atoms with Gasteiger partial charge in [0.25, 0.3) is 0 Å². The summed E-state index contributed by atoms with van der Waals surface area (Å²) in [7, 11) is 0. The molecule has 2 aliphatic carbocycles. The van der Waals surface area contributed by atoms with Crippen molar-refractivity contribution in [3.05, 3.63) is 45.6 Å². The fraction of sp³-hybridized carbons (Fsp3) is 0.733. The maximum absolute atomic E-state index is 2.67. The summed E-state index contributed by atoms with van der Waals surface area (Å²) in [6.45, 7) is 19.7. The van der Waals surface area contributed by atoms with Gasteiger partial charge in [0.05, 0.1) is 0 Å². The van der Waals surface area contributed by atoms with Crippen molar-refractivity contribution in [3.63, 3.8) is 0 Å². The van der Waals surface area contributed by atoms with E-state index < -0.39 is 23.2 Å². The second kappa shape index (κ2) is 15.5. The molecule has 2 rings (SSSR count). The maximum Gasteiger partial charge on any atom is -1.00 e. The fourth-order valence-corrected chi connectivity index (χ4v) is 11.5. The zero-order valence-electron chi connectivity index (χ0n) is 22.9. The third-order valence-electron chi connectivity index (χ3n) is 8.14. The molecule has 188 valence electrons. The van der Waals surface area contributed by atoms with Crippen LogP contribution in [0, 0.1) is 0 Å². The summed E-state index contributed by atoms with van der Waals surface area (Å²) in [5.41, 5.74) is 10.5. The Hall–Kier alpha value is 0.423. The smallest absolute Gasteiger partial charge is 1.00 e. The molecule has 0 aromatic carbocycles. The molecule has 0 N–H and O–H groups in total. The van der Waals surface area contributed by atoms with Crippen molar-refractivity contribution in [2.75, 3.05) is 0 Å². The quantitative estimate of drug-likeness (QED) is 0.283. The van der Waals surface area contributed by atoms with Gasteiger partial charge in [-0.15, -0.1) is 0 Å². The molecule has 2 atom stereocenters. The van der Waals surface area contributed by atoms with Crippen LogP contribution in [0.1, 0.15) is 132 Å². The summed E-state index contributed by atoms with van der Waals surface area (Å²) in [6.07, 6.45) is 21.1. The summed E-state index contributed by atoms with van der Waals surface area (Å²) in [6, 6.07) is 0. The van der Waals surface area contributed by atoms with E-state index in [2.05, 4.69) is 67.5 Å². The summed E-state index contributed by atoms with van der Waals surface area (Å²) in [4.78, 5) is 0. The first-order chi connectivity index (χ1) is 14.8. The molecule has 0 aromatic rings. The molecule has 0 nitrogen and oxygen atoms in total. The fourth-order valence-electron chi connectivity index (χ4n) is 5.53. The Labute approximate surface area is 231 Å². The van der Waals surface area contributed by atoms with Crippen molar-refractivity contribution in [1.29, 1.82) is 0 Å². The average Bonchev–Trinajstić information content (AvgIpc) is 3.12. The predicted octanol–water partition coefficient (Wildman–Crippen LogP) is 4.71. The molecule has 33 heavy (non-hydrogen) atoms. The molecule has 3 heteroatoms. The van der Waals surface area contributed by atoms with Gasteiger partial charge >= 0.3 is 208 Å². The molecule has 0 aromatic heterocycles. The second-order valence-electron chi connectivity index (χ2n) is 10.4. The van der Waals surface area contributed by atoms with Gasteiger partial charge < -0.3 is 24.8 Å². The largest absolute Gasteiger partial charge is 1.00 e. The van der Waals surface area contributed by atoms with Crippen LogP contribution in [-0.2, 0) is 23.2 Å². The Bertz CT molecular complexity index is 680. The van der Waals surface area contributed by atoms with E-state index >= 15 is 0 Å². The molecule has 0 saturated carbocycles. The third-order valence-corrected chi connectivity index (χ3v) is 14.0. The second-order valence-corrected chi connectivity index (χ2v) is 16.0. The molecule has 2 aliphatic rings. The van der Waals surface area contributed by atoms with Crippen LogP contribution in [0.5, 0.6) is 0 Å². The molecule has 0 amide bonds. The normalized spacial score (nSPS) is 24.4. The van der Waals surface area contributed by atoms with Crippen molar-refractivity contribution in [3.8, 4) is 0 Å². The number of hydrogen-bond donors (Lipinski definition) is 0. The summed E-state index contributed by atoms with van der Waals surface area (Å²) in [5, 5.41) is 0. The van der Waals surface area contributed by atoms with Crippen molar-refractivity contribution < 1.29 is 48.0 Å². The molecule has 0 radical (unpaired) electrons. The van der Waals surface area contributed by atoms with Crippen LogP contribution in [0.2, 0.25) is 6.25 Å².